The molecule has 1 aromatic rings. The van der Waals surface area contributed by atoms with Crippen LogP contribution in [0.25, 0.3) is 0 Å². The lowest BCUT2D eigenvalue weighted by Crippen LogP contribution is -2.34. The third-order valence-corrected chi connectivity index (χ3v) is 4.65. The normalized spacial score (nSPS) is 13.1. The van der Waals surface area contributed by atoms with Gasteiger partial charge in [-0.1, -0.05) is 15.9 Å². The second-order valence-corrected chi connectivity index (χ2v) is 7.88. The Morgan fingerprint density at radius 1 is 1.53 bits per heavy atom. The fourth-order valence-corrected chi connectivity index (χ4v) is 3.68. The van der Waals surface area contributed by atoms with Gasteiger partial charge >= 0.3 is 6.09 Å². The van der Waals surface area contributed by atoms with Crippen LogP contribution in [-0.4, -0.2) is 23.6 Å². The van der Waals surface area contributed by atoms with Crippen molar-refractivity contribution in [2.45, 2.75) is 38.7 Å². The van der Waals surface area contributed by atoms with Crippen LogP contribution in [-0.2, 0) is 4.74 Å². The van der Waals surface area contributed by atoms with Crippen molar-refractivity contribution in [2.75, 3.05) is 11.9 Å². The van der Waals surface area contributed by atoms with Crippen molar-refractivity contribution in [3.8, 4) is 0 Å². The maximum Gasteiger partial charge on any atom is 0.407 e. The third-order valence-electron chi connectivity index (χ3n) is 2.34. The summed E-state index contributed by atoms with van der Waals surface area (Å²) in [5, 5.41) is 5.81. The van der Waals surface area contributed by atoms with Crippen LogP contribution in [0.2, 0.25) is 0 Å². The van der Waals surface area contributed by atoms with Gasteiger partial charge in [-0.2, -0.15) is 0 Å². The summed E-state index contributed by atoms with van der Waals surface area (Å²) in [7, 11) is 0. The fraction of sp³-hybridized carbons (Fsp3) is 0.615. The largest absolute Gasteiger partial charge is 0.444 e. The molecule has 0 aliphatic heterocycles. The van der Waals surface area contributed by atoms with Crippen molar-refractivity contribution in [3.05, 3.63) is 20.8 Å². The summed E-state index contributed by atoms with van der Waals surface area (Å²) < 4.78 is 6.33. The SMILES string of the molecule is CC(C)(C)OC(=O)NCC(CCBr)c1cc(Br)cs1. The van der Waals surface area contributed by atoms with Gasteiger partial charge in [0.05, 0.1) is 0 Å². The van der Waals surface area contributed by atoms with Crippen LogP contribution in [0.3, 0.4) is 0 Å². The van der Waals surface area contributed by atoms with Crippen molar-refractivity contribution < 1.29 is 9.53 Å². The molecule has 108 valence electrons. The van der Waals surface area contributed by atoms with Crippen molar-refractivity contribution in [3.63, 3.8) is 0 Å². The maximum atomic E-state index is 11.7. The van der Waals surface area contributed by atoms with E-state index in [4.69, 9.17) is 4.74 Å². The molecule has 1 amide bonds. The Kier molecular flexibility index (Phi) is 6.83. The number of halogens is 2. The molecule has 1 atom stereocenters. The van der Waals surface area contributed by atoms with E-state index in [1.165, 1.54) is 4.88 Å². The molecule has 1 unspecified atom stereocenters. The third kappa shape index (κ3) is 6.77. The molecule has 1 aromatic heterocycles. The average Bonchev–Trinajstić information content (AvgIpc) is 2.68. The predicted molar refractivity (Wildman–Crippen MR) is 87.4 cm³/mol. The van der Waals surface area contributed by atoms with Crippen LogP contribution in [0.15, 0.2) is 15.9 Å². The van der Waals surface area contributed by atoms with Crippen LogP contribution in [0.4, 0.5) is 4.79 Å². The van der Waals surface area contributed by atoms with E-state index in [1.54, 1.807) is 11.3 Å². The highest BCUT2D eigenvalue weighted by atomic mass is 79.9. The van der Waals surface area contributed by atoms with E-state index in [9.17, 15) is 4.79 Å². The Balaban J connectivity index is 2.53. The summed E-state index contributed by atoms with van der Waals surface area (Å²) in [6.07, 6.45) is 0.616. The first-order valence-corrected chi connectivity index (χ1v) is 8.88. The number of nitrogens with one attached hydrogen (secondary N) is 1. The highest BCUT2D eigenvalue weighted by Gasteiger charge is 2.18. The number of carbonyl (C=O) groups excluding carboxylic acids is 1. The van der Waals surface area contributed by atoms with E-state index in [-0.39, 0.29) is 6.09 Å². The van der Waals surface area contributed by atoms with Crippen LogP contribution in [0.5, 0.6) is 0 Å². The Morgan fingerprint density at radius 2 is 2.21 bits per heavy atom. The van der Waals surface area contributed by atoms with Gasteiger partial charge in [-0.25, -0.2) is 4.79 Å². The van der Waals surface area contributed by atoms with Crippen molar-refractivity contribution in [1.82, 2.24) is 5.32 Å². The molecule has 19 heavy (non-hydrogen) atoms. The van der Waals surface area contributed by atoms with E-state index in [2.05, 4.69) is 48.6 Å². The van der Waals surface area contributed by atoms with Gasteiger partial charge in [-0.3, -0.25) is 0 Å². The lowest BCUT2D eigenvalue weighted by molar-refractivity contribution is 0.0524. The highest BCUT2D eigenvalue weighted by molar-refractivity contribution is 9.10. The molecule has 0 aliphatic carbocycles. The Bertz CT molecular complexity index is 415. The van der Waals surface area contributed by atoms with Gasteiger partial charge in [0.2, 0.25) is 0 Å². The summed E-state index contributed by atoms with van der Waals surface area (Å²) in [5.41, 5.74) is -0.457. The molecule has 3 nitrogen and oxygen atoms in total. The monoisotopic (exact) mass is 411 g/mol. The summed E-state index contributed by atoms with van der Waals surface area (Å²) >= 11 is 8.62. The first-order chi connectivity index (χ1) is 8.81. The number of alkyl halides is 1. The molecule has 0 fully saturated rings. The summed E-state index contributed by atoms with van der Waals surface area (Å²) in [6.45, 7) is 6.17. The molecule has 1 heterocycles. The number of ether oxygens (including phenoxy) is 1. The molecule has 1 rings (SSSR count). The predicted octanol–water partition coefficient (Wildman–Crippen LogP) is 4.90. The van der Waals surface area contributed by atoms with Gasteiger partial charge < -0.3 is 10.1 Å². The van der Waals surface area contributed by atoms with E-state index in [1.807, 2.05) is 20.8 Å². The molecule has 0 aliphatic rings. The van der Waals surface area contributed by atoms with Gasteiger partial charge in [-0.15, -0.1) is 11.3 Å². The zero-order valence-electron chi connectivity index (χ0n) is 11.3. The Hall–Kier alpha value is -0.0700. The molecule has 0 saturated carbocycles. The Labute approximate surface area is 135 Å². The summed E-state index contributed by atoms with van der Waals surface area (Å²) in [4.78, 5) is 12.9. The molecule has 0 spiro atoms. The molecule has 1 N–H and O–H groups in total. The fourth-order valence-electron chi connectivity index (χ4n) is 1.54. The van der Waals surface area contributed by atoms with Gasteiger partial charge in [0.1, 0.15) is 5.60 Å². The summed E-state index contributed by atoms with van der Waals surface area (Å²) in [6, 6.07) is 2.11. The quantitative estimate of drug-likeness (QED) is 0.698. The minimum atomic E-state index is -0.457. The van der Waals surface area contributed by atoms with E-state index in [0.717, 1.165) is 16.2 Å². The van der Waals surface area contributed by atoms with Crippen LogP contribution in [0, 0.1) is 0 Å². The van der Waals surface area contributed by atoms with Gasteiger partial charge in [0, 0.05) is 32.5 Å². The van der Waals surface area contributed by atoms with Crippen LogP contribution >= 0.6 is 43.2 Å². The first kappa shape index (κ1) is 17.0. The van der Waals surface area contributed by atoms with Crippen molar-refractivity contribution >= 4 is 49.3 Å². The lowest BCUT2D eigenvalue weighted by Gasteiger charge is -2.21. The molecular formula is C13H19Br2NO2S. The van der Waals surface area contributed by atoms with Gasteiger partial charge in [0.25, 0.3) is 0 Å². The number of amides is 1. The second kappa shape index (κ2) is 7.64. The zero-order valence-corrected chi connectivity index (χ0v) is 15.3. The zero-order chi connectivity index (χ0) is 14.5. The molecule has 0 radical (unpaired) electrons. The number of hydrogen-bond donors (Lipinski definition) is 1. The molecular weight excluding hydrogens is 394 g/mol. The molecule has 0 saturated heterocycles. The van der Waals surface area contributed by atoms with Crippen LogP contribution < -0.4 is 5.32 Å². The molecule has 6 heteroatoms. The van der Waals surface area contributed by atoms with E-state index >= 15 is 0 Å². The topological polar surface area (TPSA) is 38.3 Å². The smallest absolute Gasteiger partial charge is 0.407 e. The maximum absolute atomic E-state index is 11.7. The number of alkyl carbamates (subject to hydrolysis) is 1. The summed E-state index contributed by atoms with van der Waals surface area (Å²) in [5.74, 6) is 0.309. The number of thiophene rings is 1. The van der Waals surface area contributed by atoms with Crippen molar-refractivity contribution in [1.29, 1.82) is 0 Å². The van der Waals surface area contributed by atoms with Gasteiger partial charge in [-0.05, 0) is 49.2 Å². The van der Waals surface area contributed by atoms with Crippen molar-refractivity contribution in [2.24, 2.45) is 0 Å². The second-order valence-electron chi connectivity index (χ2n) is 5.22. The molecule has 0 aromatic carbocycles. The van der Waals surface area contributed by atoms with E-state index < -0.39 is 5.60 Å². The van der Waals surface area contributed by atoms with Gasteiger partial charge in [0.15, 0.2) is 0 Å². The standard InChI is InChI=1S/C13H19Br2NO2S/c1-13(2,3)18-12(17)16-7-9(4-5-14)11-6-10(15)8-19-11/h6,8-9H,4-5,7H2,1-3H3,(H,16,17). The Morgan fingerprint density at radius 3 is 2.68 bits per heavy atom. The van der Waals surface area contributed by atoms with E-state index in [0.29, 0.717) is 12.5 Å². The molecule has 0 bridgehead atoms. The number of carbonyl (C=O) groups is 1. The van der Waals surface area contributed by atoms with Crippen LogP contribution in [0.1, 0.15) is 38.0 Å². The minimum Gasteiger partial charge on any atom is -0.444 e. The highest BCUT2D eigenvalue weighted by Crippen LogP contribution is 2.29. The number of hydrogen-bond acceptors (Lipinski definition) is 3. The lowest BCUT2D eigenvalue weighted by atomic mass is 10.1. The average molecular weight is 413 g/mol. The minimum absolute atomic E-state index is 0.309. The first-order valence-electron chi connectivity index (χ1n) is 6.08. The number of rotatable bonds is 5.